The second-order valence-electron chi connectivity index (χ2n) is 9.67. The fraction of sp³-hybridized carbons (Fsp3) is 1.00. The van der Waals surface area contributed by atoms with Crippen molar-refractivity contribution in [3.05, 3.63) is 0 Å². The molecule has 236 valence electrons. The average molecular weight is 589 g/mol. The van der Waals surface area contributed by atoms with E-state index in [-0.39, 0.29) is 19.8 Å². The molecule has 3 saturated heterocycles. The van der Waals surface area contributed by atoms with Crippen molar-refractivity contribution in [1.82, 2.24) is 0 Å². The Morgan fingerprint density at radius 3 is 1.65 bits per heavy atom. The van der Waals surface area contributed by atoms with Crippen LogP contribution in [0.1, 0.15) is 20.8 Å². The summed E-state index contributed by atoms with van der Waals surface area (Å²) in [5, 5.41) is 82.3. The lowest BCUT2D eigenvalue weighted by atomic mass is 9.96. The second-order valence-corrected chi connectivity index (χ2v) is 9.67. The maximum atomic E-state index is 11.0. The predicted octanol–water partition coefficient (Wildman–Crippen LogP) is -4.44. The molecular weight excluding hydrogens is 544 g/mol. The van der Waals surface area contributed by atoms with Crippen LogP contribution in [-0.2, 0) is 37.9 Å². The van der Waals surface area contributed by atoms with Gasteiger partial charge in [0.05, 0.1) is 19.8 Å². The number of ether oxygens (including phenoxy) is 8. The summed E-state index contributed by atoms with van der Waals surface area (Å²) in [4.78, 5) is 0. The van der Waals surface area contributed by atoms with Crippen LogP contribution in [0.4, 0.5) is 0 Å². The first-order chi connectivity index (χ1) is 19.1. The summed E-state index contributed by atoms with van der Waals surface area (Å²) in [7, 11) is 0. The molecule has 15 atom stereocenters. The van der Waals surface area contributed by atoms with E-state index in [4.69, 9.17) is 37.9 Å². The minimum absolute atomic E-state index is 0.0156. The monoisotopic (exact) mass is 588 g/mol. The molecule has 3 heterocycles. The van der Waals surface area contributed by atoms with E-state index in [2.05, 4.69) is 0 Å². The molecule has 3 rings (SSSR count). The van der Waals surface area contributed by atoms with Crippen molar-refractivity contribution in [1.29, 1.82) is 0 Å². The Bertz CT molecular complexity index is 729. The second kappa shape index (κ2) is 15.7. The van der Waals surface area contributed by atoms with E-state index in [1.54, 1.807) is 20.8 Å². The van der Waals surface area contributed by atoms with Gasteiger partial charge in [0.1, 0.15) is 73.2 Å². The van der Waals surface area contributed by atoms with Crippen LogP contribution >= 0.6 is 0 Å². The molecular formula is C24H44O16. The Morgan fingerprint density at radius 2 is 1.07 bits per heavy atom. The molecule has 3 fully saturated rings. The van der Waals surface area contributed by atoms with E-state index in [1.807, 2.05) is 0 Å². The van der Waals surface area contributed by atoms with Crippen LogP contribution in [0.5, 0.6) is 0 Å². The Balaban J connectivity index is 1.79. The van der Waals surface area contributed by atoms with Crippen LogP contribution in [0.25, 0.3) is 0 Å². The highest BCUT2D eigenvalue weighted by Crippen LogP contribution is 2.33. The van der Waals surface area contributed by atoms with Gasteiger partial charge in [0.15, 0.2) is 18.9 Å². The SMILES string of the molecule is CCOC[C@H]1O[C@@H](O)[C@H](OCC)[C@@H](OCC)[C@@H]1O[C@@H]1O[C@H](CO)[C@@H](O[C@@H]2O[C@H](CO)[C@@H](O)[C@H](O)[C@H]2O)[C@H](O)[C@H]1O. The summed E-state index contributed by atoms with van der Waals surface area (Å²) in [6.07, 6.45) is -21.2. The first kappa shape index (κ1) is 33.9. The Morgan fingerprint density at radius 1 is 0.525 bits per heavy atom. The lowest BCUT2D eigenvalue weighted by molar-refractivity contribution is -0.380. The van der Waals surface area contributed by atoms with Crippen molar-refractivity contribution in [2.45, 2.75) is 113 Å². The number of hydrogen-bond acceptors (Lipinski definition) is 16. The van der Waals surface area contributed by atoms with E-state index >= 15 is 0 Å². The minimum Gasteiger partial charge on any atom is -0.394 e. The van der Waals surface area contributed by atoms with Gasteiger partial charge in [-0.15, -0.1) is 0 Å². The molecule has 0 saturated carbocycles. The zero-order valence-electron chi connectivity index (χ0n) is 22.7. The Hall–Kier alpha value is -0.640. The average Bonchev–Trinajstić information content (AvgIpc) is 2.94. The topological polar surface area (TPSA) is 236 Å². The van der Waals surface area contributed by atoms with Crippen molar-refractivity contribution in [3.8, 4) is 0 Å². The summed E-state index contributed by atoms with van der Waals surface area (Å²) in [5.74, 6) is 0. The van der Waals surface area contributed by atoms with Crippen LogP contribution in [0, 0.1) is 0 Å². The molecule has 0 aliphatic carbocycles. The molecule has 40 heavy (non-hydrogen) atoms. The summed E-state index contributed by atoms with van der Waals surface area (Å²) in [5.41, 5.74) is 0. The highest BCUT2D eigenvalue weighted by atomic mass is 16.8. The molecule has 0 spiro atoms. The van der Waals surface area contributed by atoms with Gasteiger partial charge in [-0.1, -0.05) is 0 Å². The molecule has 0 bridgehead atoms. The molecule has 3 aliphatic rings. The Labute approximate surface area is 231 Å². The fourth-order valence-electron chi connectivity index (χ4n) is 5.00. The van der Waals surface area contributed by atoms with Crippen LogP contribution in [0.3, 0.4) is 0 Å². The number of hydrogen-bond donors (Lipinski definition) is 8. The zero-order chi connectivity index (χ0) is 29.6. The van der Waals surface area contributed by atoms with Gasteiger partial charge in [-0.3, -0.25) is 0 Å². The highest BCUT2D eigenvalue weighted by molar-refractivity contribution is 4.97. The molecule has 3 aliphatic heterocycles. The van der Waals surface area contributed by atoms with E-state index in [0.29, 0.717) is 6.61 Å². The molecule has 16 heteroatoms. The molecule has 16 nitrogen and oxygen atoms in total. The summed E-state index contributed by atoms with van der Waals surface area (Å²) < 4.78 is 45.4. The van der Waals surface area contributed by atoms with Crippen molar-refractivity contribution in [3.63, 3.8) is 0 Å². The van der Waals surface area contributed by atoms with Crippen molar-refractivity contribution < 1.29 is 78.7 Å². The lowest BCUT2D eigenvalue weighted by Gasteiger charge is -2.49. The quantitative estimate of drug-likeness (QED) is 0.101. The predicted molar refractivity (Wildman–Crippen MR) is 129 cm³/mol. The maximum absolute atomic E-state index is 11.0. The van der Waals surface area contributed by atoms with E-state index in [1.165, 1.54) is 0 Å². The molecule has 0 radical (unpaired) electrons. The Kier molecular flexibility index (Phi) is 13.3. The number of aliphatic hydroxyl groups is 8. The maximum Gasteiger partial charge on any atom is 0.187 e. The minimum atomic E-state index is -1.79. The summed E-state index contributed by atoms with van der Waals surface area (Å²) in [6, 6.07) is 0. The molecule has 0 aromatic heterocycles. The van der Waals surface area contributed by atoms with Gasteiger partial charge < -0.3 is 78.7 Å². The van der Waals surface area contributed by atoms with E-state index < -0.39 is 105 Å². The van der Waals surface area contributed by atoms with E-state index in [9.17, 15) is 40.9 Å². The standard InChI is InChI=1S/C24H44O16/c1-4-33-9-12-19(20(34-5-2)21(35-6-3)22(32)36-12)40-24-17(31)15(29)18(11(8-26)38-24)39-23-16(30)14(28)13(27)10(7-25)37-23/h10-32H,4-9H2,1-3H3/t10-,11-,12-,13-,14+,15-,16-,17-,18-,19-,20+,21-,22-,23+,24+/m1/s1. The number of aliphatic hydroxyl groups excluding tert-OH is 8. The molecule has 0 amide bonds. The van der Waals surface area contributed by atoms with Crippen molar-refractivity contribution in [2.24, 2.45) is 0 Å². The number of rotatable bonds is 13. The lowest BCUT2D eigenvalue weighted by Crippen LogP contribution is -2.67. The highest BCUT2D eigenvalue weighted by Gasteiger charge is 2.54. The van der Waals surface area contributed by atoms with Gasteiger partial charge in [0, 0.05) is 19.8 Å². The third-order valence-electron chi connectivity index (χ3n) is 7.07. The van der Waals surface area contributed by atoms with Crippen LogP contribution in [0.2, 0.25) is 0 Å². The summed E-state index contributed by atoms with van der Waals surface area (Å²) >= 11 is 0. The summed E-state index contributed by atoms with van der Waals surface area (Å²) in [6.45, 7) is 4.55. The van der Waals surface area contributed by atoms with Crippen LogP contribution < -0.4 is 0 Å². The third kappa shape index (κ3) is 7.46. The zero-order valence-corrected chi connectivity index (χ0v) is 22.7. The fourth-order valence-corrected chi connectivity index (χ4v) is 5.00. The van der Waals surface area contributed by atoms with Crippen LogP contribution in [-0.4, -0.2) is 173 Å². The van der Waals surface area contributed by atoms with Gasteiger partial charge in [-0.25, -0.2) is 0 Å². The normalized spacial score (nSPS) is 46.4. The van der Waals surface area contributed by atoms with Gasteiger partial charge in [-0.05, 0) is 20.8 Å². The van der Waals surface area contributed by atoms with E-state index in [0.717, 1.165) is 0 Å². The first-order valence-corrected chi connectivity index (χ1v) is 13.5. The third-order valence-corrected chi connectivity index (χ3v) is 7.07. The van der Waals surface area contributed by atoms with Gasteiger partial charge in [0.25, 0.3) is 0 Å². The molecule has 0 unspecified atom stereocenters. The first-order valence-electron chi connectivity index (χ1n) is 13.5. The van der Waals surface area contributed by atoms with Gasteiger partial charge >= 0.3 is 0 Å². The molecule has 0 aromatic carbocycles. The molecule has 0 aromatic rings. The van der Waals surface area contributed by atoms with Crippen LogP contribution in [0.15, 0.2) is 0 Å². The molecule has 8 N–H and O–H groups in total. The van der Waals surface area contributed by atoms with Gasteiger partial charge in [-0.2, -0.15) is 0 Å². The van der Waals surface area contributed by atoms with Crippen molar-refractivity contribution >= 4 is 0 Å². The smallest absolute Gasteiger partial charge is 0.187 e. The van der Waals surface area contributed by atoms with Crippen molar-refractivity contribution in [2.75, 3.05) is 39.6 Å². The largest absolute Gasteiger partial charge is 0.394 e. The van der Waals surface area contributed by atoms with Gasteiger partial charge in [0.2, 0.25) is 0 Å².